The van der Waals surface area contributed by atoms with Gasteiger partial charge in [-0.3, -0.25) is 14.6 Å². The number of aromatic nitrogens is 1. The zero-order valence-electron chi connectivity index (χ0n) is 16.2. The van der Waals surface area contributed by atoms with Crippen molar-refractivity contribution in [1.29, 1.82) is 5.26 Å². The van der Waals surface area contributed by atoms with Gasteiger partial charge in [0.2, 0.25) is 0 Å². The average molecular weight is 431 g/mol. The lowest BCUT2D eigenvalue weighted by atomic mass is 9.99. The first-order valence-electron chi connectivity index (χ1n) is 9.26. The fourth-order valence-electron chi connectivity index (χ4n) is 3.16. The first-order chi connectivity index (χ1) is 15.4. The van der Waals surface area contributed by atoms with Gasteiger partial charge in [-0.15, -0.1) is 0 Å². The molecule has 0 atom stereocenters. The highest BCUT2D eigenvalue weighted by molar-refractivity contribution is 6.12. The van der Waals surface area contributed by atoms with Crippen molar-refractivity contribution in [3.63, 3.8) is 0 Å². The van der Waals surface area contributed by atoms with Crippen LogP contribution in [0.15, 0.2) is 66.9 Å². The Hall–Kier alpha value is -4.51. The van der Waals surface area contributed by atoms with Gasteiger partial charge in [0.1, 0.15) is 17.7 Å². The van der Waals surface area contributed by atoms with Crippen LogP contribution < -0.4 is 5.32 Å². The van der Waals surface area contributed by atoms with E-state index < -0.39 is 40.4 Å². The van der Waals surface area contributed by atoms with Gasteiger partial charge in [0, 0.05) is 28.8 Å². The van der Waals surface area contributed by atoms with E-state index in [4.69, 9.17) is 5.26 Å². The minimum Gasteiger partial charge on any atom is -0.319 e. The summed E-state index contributed by atoms with van der Waals surface area (Å²) in [7, 11) is 0. The van der Waals surface area contributed by atoms with Crippen molar-refractivity contribution in [3.8, 4) is 6.07 Å². The molecule has 8 heteroatoms. The number of hydrogen-bond donors (Lipinski definition) is 1. The van der Waals surface area contributed by atoms with Crippen LogP contribution in [0.4, 0.5) is 18.9 Å². The second-order valence-electron chi connectivity index (χ2n) is 6.85. The Labute approximate surface area is 179 Å². The van der Waals surface area contributed by atoms with Crippen molar-refractivity contribution < 1.29 is 22.8 Å². The maximum atomic E-state index is 15.0. The molecule has 0 saturated carbocycles. The lowest BCUT2D eigenvalue weighted by molar-refractivity contribution is 0.101. The van der Waals surface area contributed by atoms with Gasteiger partial charge in [0.15, 0.2) is 11.6 Å². The molecule has 1 amide bonds. The molecule has 0 radical (unpaired) electrons. The van der Waals surface area contributed by atoms with E-state index in [2.05, 4.69) is 10.3 Å². The van der Waals surface area contributed by atoms with E-state index in [1.165, 1.54) is 42.6 Å². The number of halogens is 3. The highest BCUT2D eigenvalue weighted by Gasteiger charge is 2.21. The van der Waals surface area contributed by atoms with Crippen molar-refractivity contribution in [3.05, 3.63) is 107 Å². The molecule has 1 N–H and O–H groups in total. The first kappa shape index (κ1) is 20.8. The summed E-state index contributed by atoms with van der Waals surface area (Å²) in [5.41, 5.74) is -0.414. The fourth-order valence-corrected chi connectivity index (χ4v) is 3.16. The minimum absolute atomic E-state index is 0.0429. The molecule has 0 fully saturated rings. The van der Waals surface area contributed by atoms with Crippen molar-refractivity contribution in [2.24, 2.45) is 0 Å². The standard InChI is InChI=1S/C24H12F3N3O2/c25-17-3-1-2-15(8-17)24(32)30-21-10-18(26)9-19(22(21)27)23(31)14-4-5-20-16(7-14)6-13(11-28)12-29-20/h1-10,12H,(H,30,32). The van der Waals surface area contributed by atoms with E-state index in [1.54, 1.807) is 0 Å². The number of carbonyl (C=O) groups is 2. The molecule has 0 aliphatic heterocycles. The van der Waals surface area contributed by atoms with Gasteiger partial charge in [0.25, 0.3) is 5.91 Å². The van der Waals surface area contributed by atoms with Gasteiger partial charge < -0.3 is 5.32 Å². The number of hydrogen-bond acceptors (Lipinski definition) is 4. The van der Waals surface area contributed by atoms with Crippen LogP contribution in [0, 0.1) is 28.8 Å². The summed E-state index contributed by atoms with van der Waals surface area (Å²) >= 11 is 0. The summed E-state index contributed by atoms with van der Waals surface area (Å²) < 4.78 is 42.6. The smallest absolute Gasteiger partial charge is 0.255 e. The number of carbonyl (C=O) groups excluding carboxylic acids is 2. The normalized spacial score (nSPS) is 10.6. The molecule has 156 valence electrons. The van der Waals surface area contributed by atoms with Crippen molar-refractivity contribution >= 4 is 28.3 Å². The molecule has 4 aromatic rings. The largest absolute Gasteiger partial charge is 0.319 e. The van der Waals surface area contributed by atoms with E-state index >= 15 is 4.39 Å². The molecule has 0 saturated heterocycles. The lowest BCUT2D eigenvalue weighted by Gasteiger charge is -2.11. The van der Waals surface area contributed by atoms with Gasteiger partial charge in [0.05, 0.1) is 22.3 Å². The predicted octanol–water partition coefficient (Wildman–Crippen LogP) is 5.01. The Morgan fingerprint density at radius 2 is 1.72 bits per heavy atom. The topological polar surface area (TPSA) is 82.8 Å². The van der Waals surface area contributed by atoms with Crippen LogP contribution in [0.2, 0.25) is 0 Å². The summed E-state index contributed by atoms with van der Waals surface area (Å²) in [6, 6.07) is 13.9. The molecule has 5 nitrogen and oxygen atoms in total. The number of nitriles is 1. The van der Waals surface area contributed by atoms with E-state index in [0.717, 1.165) is 24.3 Å². The van der Waals surface area contributed by atoms with Gasteiger partial charge in [-0.2, -0.15) is 5.26 Å². The molecule has 0 aliphatic carbocycles. The molecule has 0 aliphatic rings. The predicted molar refractivity (Wildman–Crippen MR) is 111 cm³/mol. The van der Waals surface area contributed by atoms with E-state index in [-0.39, 0.29) is 16.7 Å². The molecular weight excluding hydrogens is 419 g/mol. The van der Waals surface area contributed by atoms with Crippen molar-refractivity contribution in [2.45, 2.75) is 0 Å². The maximum absolute atomic E-state index is 15.0. The third-order valence-electron chi connectivity index (χ3n) is 4.69. The van der Waals surface area contributed by atoms with Crippen molar-refractivity contribution in [2.75, 3.05) is 5.32 Å². The molecule has 0 bridgehead atoms. The molecule has 0 spiro atoms. The summed E-state index contributed by atoms with van der Waals surface area (Å²) in [6.07, 6.45) is 1.38. The fraction of sp³-hybridized carbons (Fsp3) is 0. The molecule has 32 heavy (non-hydrogen) atoms. The highest BCUT2D eigenvalue weighted by atomic mass is 19.1. The Kier molecular flexibility index (Phi) is 5.39. The van der Waals surface area contributed by atoms with E-state index in [0.29, 0.717) is 10.9 Å². The lowest BCUT2D eigenvalue weighted by Crippen LogP contribution is -2.15. The van der Waals surface area contributed by atoms with Gasteiger partial charge in [-0.25, -0.2) is 13.2 Å². The molecular formula is C24H12F3N3O2. The van der Waals surface area contributed by atoms with Gasteiger partial charge >= 0.3 is 0 Å². The van der Waals surface area contributed by atoms with E-state index in [9.17, 15) is 18.4 Å². The summed E-state index contributed by atoms with van der Waals surface area (Å²) in [5, 5.41) is 11.7. The molecule has 1 heterocycles. The highest BCUT2D eigenvalue weighted by Crippen LogP contribution is 2.25. The Morgan fingerprint density at radius 1 is 0.906 bits per heavy atom. The number of nitrogens with zero attached hydrogens (tertiary/aromatic N) is 2. The summed E-state index contributed by atoms with van der Waals surface area (Å²) in [4.78, 5) is 29.3. The Morgan fingerprint density at radius 3 is 2.47 bits per heavy atom. The number of nitrogens with one attached hydrogen (secondary N) is 1. The zero-order chi connectivity index (χ0) is 22.8. The zero-order valence-corrected chi connectivity index (χ0v) is 16.2. The average Bonchev–Trinajstić information content (AvgIpc) is 2.79. The van der Waals surface area contributed by atoms with Crippen LogP contribution in [-0.2, 0) is 0 Å². The molecule has 1 aromatic heterocycles. The van der Waals surface area contributed by atoms with Crippen LogP contribution in [0.1, 0.15) is 31.8 Å². The number of amides is 1. The molecule has 3 aromatic carbocycles. The Balaban J connectivity index is 1.70. The monoisotopic (exact) mass is 431 g/mol. The SMILES string of the molecule is N#Cc1cnc2ccc(C(=O)c3cc(F)cc(NC(=O)c4cccc(F)c4)c3F)cc2c1. The number of fused-ring (bicyclic) bond motifs is 1. The number of ketones is 1. The maximum Gasteiger partial charge on any atom is 0.255 e. The van der Waals surface area contributed by atoms with Crippen LogP contribution in [0.3, 0.4) is 0 Å². The minimum atomic E-state index is -1.13. The first-order valence-corrected chi connectivity index (χ1v) is 9.26. The number of pyridine rings is 1. The van der Waals surface area contributed by atoms with Gasteiger partial charge in [-0.1, -0.05) is 6.07 Å². The second-order valence-corrected chi connectivity index (χ2v) is 6.85. The quantitative estimate of drug-likeness (QED) is 0.461. The second kappa shape index (κ2) is 8.32. The third-order valence-corrected chi connectivity index (χ3v) is 4.69. The van der Waals surface area contributed by atoms with Crippen LogP contribution in [0.25, 0.3) is 10.9 Å². The summed E-state index contributed by atoms with van der Waals surface area (Å²) in [6.45, 7) is 0. The molecule has 0 unspecified atom stereocenters. The number of benzene rings is 3. The summed E-state index contributed by atoms with van der Waals surface area (Å²) in [5.74, 6) is -4.44. The third kappa shape index (κ3) is 4.04. The van der Waals surface area contributed by atoms with Crippen LogP contribution >= 0.6 is 0 Å². The number of anilines is 1. The van der Waals surface area contributed by atoms with Gasteiger partial charge in [-0.05, 0) is 48.5 Å². The van der Waals surface area contributed by atoms with E-state index in [1.807, 2.05) is 6.07 Å². The Bertz CT molecular complexity index is 1440. The molecule has 4 rings (SSSR count). The van der Waals surface area contributed by atoms with Crippen molar-refractivity contribution in [1.82, 2.24) is 4.98 Å². The van der Waals surface area contributed by atoms with Crippen LogP contribution in [0.5, 0.6) is 0 Å². The number of rotatable bonds is 4. The van der Waals surface area contributed by atoms with Crippen LogP contribution in [-0.4, -0.2) is 16.7 Å².